The maximum Gasteiger partial charge on any atom is 0.225 e. The van der Waals surface area contributed by atoms with E-state index < -0.39 is 5.60 Å². The highest BCUT2D eigenvalue weighted by Gasteiger charge is 2.36. The van der Waals surface area contributed by atoms with Crippen molar-refractivity contribution in [3.63, 3.8) is 0 Å². The third-order valence-electron chi connectivity index (χ3n) is 3.64. The number of nitrogens with one attached hydrogen (secondary N) is 1. The molecule has 1 rings (SSSR count). The van der Waals surface area contributed by atoms with Gasteiger partial charge in [-0.15, -0.1) is 0 Å². The van der Waals surface area contributed by atoms with Crippen LogP contribution in [-0.2, 0) is 9.59 Å². The highest BCUT2D eigenvalue weighted by Crippen LogP contribution is 2.21. The third kappa shape index (κ3) is 4.78. The van der Waals surface area contributed by atoms with Crippen molar-refractivity contribution in [2.24, 2.45) is 11.8 Å². The first kappa shape index (κ1) is 17.0. The Bertz CT molecular complexity index is 364. The van der Waals surface area contributed by atoms with Crippen LogP contribution in [0.25, 0.3) is 0 Å². The van der Waals surface area contributed by atoms with E-state index in [4.69, 9.17) is 0 Å². The summed E-state index contributed by atoms with van der Waals surface area (Å²) in [4.78, 5) is 25.6. The predicted molar refractivity (Wildman–Crippen MR) is 78.0 cm³/mol. The molecular weight excluding hydrogens is 256 g/mol. The molecule has 5 heteroatoms. The van der Waals surface area contributed by atoms with Crippen LogP contribution in [0.2, 0.25) is 0 Å². The minimum atomic E-state index is -0.899. The quantitative estimate of drug-likeness (QED) is 0.769. The third-order valence-corrected chi connectivity index (χ3v) is 3.64. The predicted octanol–water partition coefficient (Wildman–Crippen LogP) is 1.16. The zero-order valence-corrected chi connectivity index (χ0v) is 13.3. The van der Waals surface area contributed by atoms with Crippen LogP contribution in [0, 0.1) is 11.8 Å². The lowest BCUT2D eigenvalue weighted by atomic mass is 9.94. The monoisotopic (exact) mass is 284 g/mol. The van der Waals surface area contributed by atoms with E-state index in [2.05, 4.69) is 5.32 Å². The fraction of sp³-hybridized carbons (Fsp3) is 0.867. The van der Waals surface area contributed by atoms with E-state index in [-0.39, 0.29) is 36.7 Å². The minimum Gasteiger partial charge on any atom is -0.388 e. The van der Waals surface area contributed by atoms with E-state index in [1.54, 1.807) is 11.8 Å². The van der Waals surface area contributed by atoms with Crippen molar-refractivity contribution >= 4 is 11.8 Å². The molecule has 5 nitrogen and oxygen atoms in total. The van der Waals surface area contributed by atoms with Crippen molar-refractivity contribution in [1.29, 1.82) is 0 Å². The molecule has 0 bridgehead atoms. The molecule has 0 aromatic rings. The van der Waals surface area contributed by atoms with Crippen molar-refractivity contribution < 1.29 is 14.7 Å². The van der Waals surface area contributed by atoms with Crippen LogP contribution in [0.3, 0.4) is 0 Å². The van der Waals surface area contributed by atoms with Gasteiger partial charge in [0, 0.05) is 25.6 Å². The summed E-state index contributed by atoms with van der Waals surface area (Å²) in [7, 11) is 0. The van der Waals surface area contributed by atoms with Crippen molar-refractivity contribution in [3.05, 3.63) is 0 Å². The number of likely N-dealkylation sites (tertiary alicyclic amines) is 1. The molecule has 0 aliphatic carbocycles. The van der Waals surface area contributed by atoms with Gasteiger partial charge in [-0.2, -0.15) is 0 Å². The first-order valence-corrected chi connectivity index (χ1v) is 7.42. The summed E-state index contributed by atoms with van der Waals surface area (Å²) in [6.07, 6.45) is 0.908. The smallest absolute Gasteiger partial charge is 0.225 e. The van der Waals surface area contributed by atoms with Gasteiger partial charge in [-0.1, -0.05) is 13.8 Å². The van der Waals surface area contributed by atoms with Gasteiger partial charge in [-0.3, -0.25) is 9.59 Å². The fourth-order valence-corrected chi connectivity index (χ4v) is 2.78. The average molecular weight is 284 g/mol. The van der Waals surface area contributed by atoms with Crippen LogP contribution >= 0.6 is 0 Å². The van der Waals surface area contributed by atoms with Crippen LogP contribution < -0.4 is 5.32 Å². The van der Waals surface area contributed by atoms with Crippen LogP contribution in [0.5, 0.6) is 0 Å². The van der Waals surface area contributed by atoms with Crippen molar-refractivity contribution in [1.82, 2.24) is 10.2 Å². The molecule has 0 spiro atoms. The Labute approximate surface area is 121 Å². The molecule has 116 valence electrons. The first-order chi connectivity index (χ1) is 9.12. The second-order valence-electron chi connectivity index (χ2n) is 6.85. The van der Waals surface area contributed by atoms with Crippen molar-refractivity contribution in [2.75, 3.05) is 13.1 Å². The van der Waals surface area contributed by atoms with Crippen LogP contribution in [0.15, 0.2) is 0 Å². The topological polar surface area (TPSA) is 69.6 Å². The fourth-order valence-electron chi connectivity index (χ4n) is 2.78. The summed E-state index contributed by atoms with van der Waals surface area (Å²) in [5.41, 5.74) is -0.899. The zero-order valence-electron chi connectivity index (χ0n) is 13.3. The lowest BCUT2D eigenvalue weighted by molar-refractivity contribution is -0.130. The summed E-state index contributed by atoms with van der Waals surface area (Å²) in [5.74, 6) is -0.0224. The standard InChI is InChI=1S/C15H28N2O3/c1-10(2)7-15(5,20)9-16-14(19)12-6-13(18)17(8-12)11(3)4/h10-12,20H,6-9H2,1-5H3,(H,16,19). The molecule has 1 aliphatic rings. The van der Waals surface area contributed by atoms with Gasteiger partial charge < -0.3 is 15.3 Å². The molecule has 0 aromatic carbocycles. The molecule has 0 saturated carbocycles. The molecular formula is C15H28N2O3. The molecule has 1 saturated heterocycles. The summed E-state index contributed by atoms with van der Waals surface area (Å²) in [5, 5.41) is 13.0. The van der Waals surface area contributed by atoms with Gasteiger partial charge in [0.15, 0.2) is 0 Å². The normalized spacial score (nSPS) is 22.5. The van der Waals surface area contributed by atoms with E-state index in [0.717, 1.165) is 0 Å². The van der Waals surface area contributed by atoms with Crippen LogP contribution in [-0.4, -0.2) is 46.6 Å². The van der Waals surface area contributed by atoms with Crippen molar-refractivity contribution in [2.45, 2.75) is 59.1 Å². The van der Waals surface area contributed by atoms with Gasteiger partial charge in [-0.05, 0) is 33.1 Å². The molecule has 20 heavy (non-hydrogen) atoms. The molecule has 1 heterocycles. The molecule has 2 N–H and O–H groups in total. The van der Waals surface area contributed by atoms with Gasteiger partial charge in [0.25, 0.3) is 0 Å². The van der Waals surface area contributed by atoms with Gasteiger partial charge in [0.05, 0.1) is 11.5 Å². The molecule has 2 unspecified atom stereocenters. The SMILES string of the molecule is CC(C)CC(C)(O)CNC(=O)C1CC(=O)N(C(C)C)C1. The Morgan fingerprint density at radius 3 is 2.50 bits per heavy atom. The Kier molecular flexibility index (Phi) is 5.57. The number of hydrogen-bond acceptors (Lipinski definition) is 3. The molecule has 2 atom stereocenters. The summed E-state index contributed by atoms with van der Waals surface area (Å²) in [6.45, 7) is 10.4. The van der Waals surface area contributed by atoms with Gasteiger partial charge >= 0.3 is 0 Å². The minimum absolute atomic E-state index is 0.0362. The second-order valence-corrected chi connectivity index (χ2v) is 6.85. The van der Waals surface area contributed by atoms with E-state index in [9.17, 15) is 14.7 Å². The van der Waals surface area contributed by atoms with E-state index in [1.807, 2.05) is 27.7 Å². The van der Waals surface area contributed by atoms with Crippen LogP contribution in [0.1, 0.15) is 47.5 Å². The highest BCUT2D eigenvalue weighted by atomic mass is 16.3. The Morgan fingerprint density at radius 2 is 2.05 bits per heavy atom. The summed E-state index contributed by atoms with van der Waals surface area (Å²) >= 11 is 0. The van der Waals surface area contributed by atoms with E-state index in [1.165, 1.54) is 0 Å². The zero-order chi connectivity index (χ0) is 15.5. The van der Waals surface area contributed by atoms with E-state index in [0.29, 0.717) is 18.9 Å². The van der Waals surface area contributed by atoms with Crippen LogP contribution in [0.4, 0.5) is 0 Å². The summed E-state index contributed by atoms with van der Waals surface area (Å²) < 4.78 is 0. The molecule has 2 amide bonds. The number of rotatable bonds is 6. The molecule has 0 aromatic heterocycles. The Hall–Kier alpha value is -1.10. The Balaban J connectivity index is 2.47. The van der Waals surface area contributed by atoms with E-state index >= 15 is 0 Å². The van der Waals surface area contributed by atoms with Gasteiger partial charge in [0.1, 0.15) is 0 Å². The second kappa shape index (κ2) is 6.57. The van der Waals surface area contributed by atoms with Crippen molar-refractivity contribution in [3.8, 4) is 0 Å². The lowest BCUT2D eigenvalue weighted by Gasteiger charge is -2.26. The first-order valence-electron chi connectivity index (χ1n) is 7.42. The molecule has 1 fully saturated rings. The average Bonchev–Trinajstić information content (AvgIpc) is 2.66. The summed E-state index contributed by atoms with van der Waals surface area (Å²) in [6, 6.07) is 0.129. The van der Waals surface area contributed by atoms with Gasteiger partial charge in [-0.25, -0.2) is 0 Å². The largest absolute Gasteiger partial charge is 0.388 e. The lowest BCUT2D eigenvalue weighted by Crippen LogP contribution is -2.44. The van der Waals surface area contributed by atoms with Gasteiger partial charge in [0.2, 0.25) is 11.8 Å². The maximum atomic E-state index is 12.1. The Morgan fingerprint density at radius 1 is 1.45 bits per heavy atom. The maximum absolute atomic E-state index is 12.1. The molecule has 0 radical (unpaired) electrons. The number of aliphatic hydroxyl groups is 1. The molecule has 1 aliphatic heterocycles. The number of carbonyl (C=O) groups is 2. The highest BCUT2D eigenvalue weighted by molar-refractivity contribution is 5.89. The number of amides is 2. The number of nitrogens with zero attached hydrogens (tertiary/aromatic N) is 1. The number of hydrogen-bond donors (Lipinski definition) is 2. The number of carbonyl (C=O) groups excluding carboxylic acids is 2.